The second-order valence-electron chi connectivity index (χ2n) is 7.99. The lowest BCUT2D eigenvalue weighted by molar-refractivity contribution is -0.118. The summed E-state index contributed by atoms with van der Waals surface area (Å²) in [6.07, 6.45) is 1.57. The normalized spacial score (nSPS) is 11.3. The largest absolute Gasteiger partial charge is 0.493 e. The summed E-state index contributed by atoms with van der Waals surface area (Å²) >= 11 is 3.43. The van der Waals surface area contributed by atoms with Gasteiger partial charge in [-0.1, -0.05) is 66.4 Å². The number of amides is 1. The van der Waals surface area contributed by atoms with Gasteiger partial charge < -0.3 is 13.9 Å². The van der Waals surface area contributed by atoms with Gasteiger partial charge in [0, 0.05) is 0 Å². The van der Waals surface area contributed by atoms with E-state index in [4.69, 9.17) is 13.9 Å². The second-order valence-corrected chi connectivity index (χ2v) is 10.1. The molecule has 1 aromatic heterocycles. The molecule has 0 aliphatic carbocycles. The number of aromatic nitrogens is 1. The van der Waals surface area contributed by atoms with Crippen LogP contribution in [0.15, 0.2) is 93.6 Å². The van der Waals surface area contributed by atoms with Crippen LogP contribution >= 0.6 is 34.4 Å². The summed E-state index contributed by atoms with van der Waals surface area (Å²) in [6, 6.07) is 25.6. The second kappa shape index (κ2) is 11.7. The molecule has 0 aliphatic heterocycles. The zero-order chi connectivity index (χ0) is 25.6. The molecular weight excluding hydrogens is 601 g/mol. The van der Waals surface area contributed by atoms with E-state index in [0.29, 0.717) is 28.9 Å². The molecule has 9 heteroatoms. The van der Waals surface area contributed by atoms with E-state index >= 15 is 0 Å². The van der Waals surface area contributed by atoms with Gasteiger partial charge in [-0.15, -0.1) is 0 Å². The average Bonchev–Trinajstić information content (AvgIpc) is 3.34. The molecule has 0 saturated heterocycles. The fraction of sp³-hybridized carbons (Fsp3) is 0.107. The highest BCUT2D eigenvalue weighted by atomic mass is 127. The van der Waals surface area contributed by atoms with Crippen LogP contribution in [-0.4, -0.2) is 30.0 Å². The van der Waals surface area contributed by atoms with Crippen LogP contribution < -0.4 is 14.9 Å². The third-order valence-corrected chi connectivity index (χ3v) is 7.14. The Bertz CT molecular complexity index is 1560. The molecule has 0 fully saturated rings. The van der Waals surface area contributed by atoms with Crippen molar-refractivity contribution in [3.05, 3.63) is 93.6 Å². The lowest BCUT2D eigenvalue weighted by Crippen LogP contribution is -2.19. The van der Waals surface area contributed by atoms with E-state index < -0.39 is 0 Å². The number of hydrogen-bond acceptors (Lipinski definition) is 7. The highest BCUT2D eigenvalue weighted by molar-refractivity contribution is 14.1. The van der Waals surface area contributed by atoms with Crippen molar-refractivity contribution in [2.24, 2.45) is 5.10 Å². The zero-order valence-electron chi connectivity index (χ0n) is 19.8. The quantitative estimate of drug-likeness (QED) is 0.0884. The highest BCUT2D eigenvalue weighted by Crippen LogP contribution is 2.34. The van der Waals surface area contributed by atoms with Gasteiger partial charge in [-0.25, -0.2) is 10.4 Å². The lowest BCUT2D eigenvalue weighted by Gasteiger charge is -2.14. The smallest absolute Gasteiger partial charge is 0.257 e. The van der Waals surface area contributed by atoms with Crippen LogP contribution in [0.2, 0.25) is 0 Å². The minimum absolute atomic E-state index is 0.131. The Balaban J connectivity index is 1.20. The number of halogens is 1. The number of oxazole rings is 1. The molecule has 4 aromatic carbocycles. The van der Waals surface area contributed by atoms with Crippen molar-refractivity contribution in [3.8, 4) is 11.5 Å². The number of nitrogens with zero attached hydrogens (tertiary/aromatic N) is 2. The van der Waals surface area contributed by atoms with Crippen LogP contribution in [-0.2, 0) is 11.4 Å². The van der Waals surface area contributed by atoms with Crippen molar-refractivity contribution >= 4 is 68.3 Å². The number of para-hydroxylation sites is 2. The summed E-state index contributed by atoms with van der Waals surface area (Å²) in [7, 11) is 1.60. The van der Waals surface area contributed by atoms with Crippen molar-refractivity contribution < 1.29 is 18.7 Å². The van der Waals surface area contributed by atoms with Gasteiger partial charge in [0.05, 0.1) is 22.6 Å². The topological polar surface area (TPSA) is 86.0 Å². The molecule has 0 aliphatic rings. The number of hydrazone groups is 1. The zero-order valence-corrected chi connectivity index (χ0v) is 22.8. The Morgan fingerprint density at radius 1 is 1.11 bits per heavy atom. The molecule has 0 radical (unpaired) electrons. The standard InChI is InChI=1S/C28H22IN3O4S/c1-34-25-14-18(15-30-32-26(33)17-37-28-31-23-11-4-5-12-24(23)36-28)13-22(29)27(25)35-16-20-9-6-8-19-7-2-3-10-21(19)20/h2-15H,16-17H2,1H3,(H,32,33)/b30-15-. The molecule has 0 saturated carbocycles. The van der Waals surface area contributed by atoms with Gasteiger partial charge in [0.15, 0.2) is 17.1 Å². The maximum atomic E-state index is 12.2. The predicted octanol–water partition coefficient (Wildman–Crippen LogP) is 6.42. The summed E-state index contributed by atoms with van der Waals surface area (Å²) in [5.41, 5.74) is 5.85. The van der Waals surface area contributed by atoms with Crippen LogP contribution in [0.4, 0.5) is 0 Å². The first-order valence-electron chi connectivity index (χ1n) is 11.4. The van der Waals surface area contributed by atoms with Crippen molar-refractivity contribution in [2.45, 2.75) is 11.8 Å². The van der Waals surface area contributed by atoms with Crippen LogP contribution in [0.3, 0.4) is 0 Å². The summed E-state index contributed by atoms with van der Waals surface area (Å²) in [6.45, 7) is 0.412. The Hall–Kier alpha value is -3.57. The van der Waals surface area contributed by atoms with Gasteiger partial charge in [0.25, 0.3) is 11.1 Å². The molecule has 1 heterocycles. The van der Waals surface area contributed by atoms with E-state index in [1.807, 2.05) is 54.6 Å². The number of thioether (sulfide) groups is 1. The number of ether oxygens (including phenoxy) is 2. The fourth-order valence-electron chi connectivity index (χ4n) is 3.77. The minimum Gasteiger partial charge on any atom is -0.493 e. The minimum atomic E-state index is -0.264. The maximum Gasteiger partial charge on any atom is 0.257 e. The number of benzene rings is 4. The highest BCUT2D eigenvalue weighted by Gasteiger charge is 2.13. The molecule has 7 nitrogen and oxygen atoms in total. The molecule has 1 amide bonds. The van der Waals surface area contributed by atoms with Crippen LogP contribution in [0.5, 0.6) is 11.5 Å². The molecule has 0 spiro atoms. The lowest BCUT2D eigenvalue weighted by atomic mass is 10.1. The SMILES string of the molecule is COc1cc(/C=N\NC(=O)CSc2nc3ccccc3o2)cc(I)c1OCc1cccc2ccccc12. The monoisotopic (exact) mass is 623 g/mol. The molecule has 5 aromatic rings. The number of carbonyl (C=O) groups excluding carboxylic acids is 1. The van der Waals surface area contributed by atoms with E-state index in [2.05, 4.69) is 62.4 Å². The number of hydrogen-bond donors (Lipinski definition) is 1. The van der Waals surface area contributed by atoms with E-state index in [1.165, 1.54) is 17.1 Å². The third kappa shape index (κ3) is 6.05. The first-order chi connectivity index (χ1) is 18.1. The molecule has 1 N–H and O–H groups in total. The van der Waals surface area contributed by atoms with E-state index in [1.54, 1.807) is 13.3 Å². The van der Waals surface area contributed by atoms with Gasteiger partial charge in [-0.2, -0.15) is 5.10 Å². The van der Waals surface area contributed by atoms with Gasteiger partial charge in [0.1, 0.15) is 12.1 Å². The average molecular weight is 623 g/mol. The van der Waals surface area contributed by atoms with Crippen molar-refractivity contribution in [1.82, 2.24) is 10.4 Å². The summed E-state index contributed by atoms with van der Waals surface area (Å²) in [4.78, 5) is 16.6. The molecular formula is C28H22IN3O4S. The van der Waals surface area contributed by atoms with Gasteiger partial charge in [-0.3, -0.25) is 4.79 Å². The third-order valence-electron chi connectivity index (χ3n) is 5.51. The Morgan fingerprint density at radius 2 is 1.92 bits per heavy atom. The van der Waals surface area contributed by atoms with Crippen LogP contribution in [0, 0.1) is 3.57 Å². The fourth-order valence-corrected chi connectivity index (χ4v) is 5.19. The van der Waals surface area contributed by atoms with Gasteiger partial charge >= 0.3 is 0 Å². The van der Waals surface area contributed by atoms with Crippen LogP contribution in [0.25, 0.3) is 21.9 Å². The maximum absolute atomic E-state index is 12.2. The first-order valence-corrected chi connectivity index (χ1v) is 13.4. The van der Waals surface area contributed by atoms with Crippen molar-refractivity contribution in [3.63, 3.8) is 0 Å². The first kappa shape index (κ1) is 25.1. The Labute approximate surface area is 231 Å². The number of fused-ring (bicyclic) bond motifs is 2. The molecule has 37 heavy (non-hydrogen) atoms. The predicted molar refractivity (Wildman–Crippen MR) is 154 cm³/mol. The Kier molecular flexibility index (Phi) is 7.90. The molecule has 0 unspecified atom stereocenters. The molecule has 186 valence electrons. The van der Waals surface area contributed by atoms with Crippen LogP contribution in [0.1, 0.15) is 11.1 Å². The summed E-state index contributed by atoms with van der Waals surface area (Å²) < 4.78 is 18.3. The molecule has 0 bridgehead atoms. The van der Waals surface area contributed by atoms with E-state index in [0.717, 1.165) is 25.6 Å². The van der Waals surface area contributed by atoms with Crippen molar-refractivity contribution in [1.29, 1.82) is 0 Å². The van der Waals surface area contributed by atoms with Gasteiger partial charge in [0.2, 0.25) is 0 Å². The van der Waals surface area contributed by atoms with Gasteiger partial charge in [-0.05, 0) is 68.8 Å². The van der Waals surface area contributed by atoms with E-state index in [9.17, 15) is 4.79 Å². The number of carbonyl (C=O) groups is 1. The summed E-state index contributed by atoms with van der Waals surface area (Å²) in [5.74, 6) is 1.12. The number of nitrogens with one attached hydrogen (secondary N) is 1. The molecule has 5 rings (SSSR count). The molecule has 0 atom stereocenters. The van der Waals surface area contributed by atoms with Crippen molar-refractivity contribution in [2.75, 3.05) is 12.9 Å². The summed E-state index contributed by atoms with van der Waals surface area (Å²) in [5, 5.41) is 6.86. The Morgan fingerprint density at radius 3 is 2.78 bits per heavy atom. The number of rotatable bonds is 9. The number of methoxy groups -OCH3 is 1. The van der Waals surface area contributed by atoms with E-state index in [-0.39, 0.29) is 11.7 Å².